The van der Waals surface area contributed by atoms with Gasteiger partial charge in [0.05, 0.1) is 5.56 Å². The number of halogens is 2. The van der Waals surface area contributed by atoms with Crippen molar-refractivity contribution in [1.82, 2.24) is 15.0 Å². The summed E-state index contributed by atoms with van der Waals surface area (Å²) in [5, 5.41) is 2.69. The number of carbonyl (C=O) groups excluding carboxylic acids is 1. The fourth-order valence-corrected chi connectivity index (χ4v) is 1.64. The molecule has 0 fully saturated rings. The molecule has 0 aliphatic heterocycles. The second kappa shape index (κ2) is 5.20. The average Bonchev–Trinajstić information content (AvgIpc) is 2.32. The monoisotopic (exact) mass is 312 g/mol. The van der Waals surface area contributed by atoms with E-state index in [-0.39, 0.29) is 16.9 Å². The summed E-state index contributed by atoms with van der Waals surface area (Å²) in [6, 6.07) is 1.65. The maximum atomic E-state index is 11.8. The zero-order valence-electron chi connectivity index (χ0n) is 8.39. The molecule has 0 saturated carbocycles. The summed E-state index contributed by atoms with van der Waals surface area (Å²) in [6.07, 6.45) is 5.93. The fraction of sp³-hybridized carbons (Fsp3) is 0. The molecule has 0 aliphatic carbocycles. The van der Waals surface area contributed by atoms with Gasteiger partial charge >= 0.3 is 0 Å². The number of nitrogens with zero attached hydrogens (tertiary/aromatic N) is 3. The van der Waals surface area contributed by atoms with Crippen LogP contribution in [-0.4, -0.2) is 20.9 Å². The summed E-state index contributed by atoms with van der Waals surface area (Å²) in [6.45, 7) is 0. The zero-order valence-corrected chi connectivity index (χ0v) is 10.7. The van der Waals surface area contributed by atoms with Crippen molar-refractivity contribution in [3.8, 4) is 0 Å². The van der Waals surface area contributed by atoms with Gasteiger partial charge in [0, 0.05) is 29.3 Å². The minimum Gasteiger partial charge on any atom is -0.304 e. The van der Waals surface area contributed by atoms with E-state index in [1.165, 1.54) is 18.6 Å². The van der Waals surface area contributed by atoms with Crippen LogP contribution in [-0.2, 0) is 0 Å². The van der Waals surface area contributed by atoms with Crippen LogP contribution in [0.5, 0.6) is 0 Å². The van der Waals surface area contributed by atoms with E-state index in [1.54, 1.807) is 12.3 Å². The molecule has 0 aliphatic rings. The molecule has 0 aromatic carbocycles. The molecular weight excluding hydrogens is 307 g/mol. The number of hydrogen-bond acceptors (Lipinski definition) is 4. The molecule has 0 unspecified atom stereocenters. The highest BCUT2D eigenvalue weighted by Crippen LogP contribution is 2.16. The second-order valence-electron chi connectivity index (χ2n) is 3.04. The first kappa shape index (κ1) is 11.9. The lowest BCUT2D eigenvalue weighted by Crippen LogP contribution is -2.13. The first-order valence-corrected chi connectivity index (χ1v) is 5.72. The van der Waals surface area contributed by atoms with Crippen LogP contribution in [0.25, 0.3) is 0 Å². The van der Waals surface area contributed by atoms with Gasteiger partial charge in [0.2, 0.25) is 0 Å². The molecule has 1 N–H and O–H groups in total. The Morgan fingerprint density at radius 2 is 2.06 bits per heavy atom. The normalized spacial score (nSPS) is 10.0. The SMILES string of the molecule is O=C(Nc1nccnc1Cl)c1cncc(Br)c1. The number of nitrogens with one attached hydrogen (secondary N) is 1. The highest BCUT2D eigenvalue weighted by Gasteiger charge is 2.10. The van der Waals surface area contributed by atoms with Gasteiger partial charge < -0.3 is 5.32 Å². The van der Waals surface area contributed by atoms with E-state index in [0.29, 0.717) is 5.56 Å². The quantitative estimate of drug-likeness (QED) is 0.925. The molecule has 0 spiro atoms. The van der Waals surface area contributed by atoms with E-state index >= 15 is 0 Å². The van der Waals surface area contributed by atoms with E-state index in [0.717, 1.165) is 4.47 Å². The molecule has 2 aromatic heterocycles. The molecule has 0 radical (unpaired) electrons. The number of rotatable bonds is 2. The lowest BCUT2D eigenvalue weighted by Gasteiger charge is -2.04. The third-order valence-corrected chi connectivity index (χ3v) is 2.56. The number of carbonyl (C=O) groups is 1. The smallest absolute Gasteiger partial charge is 0.258 e. The Kier molecular flexibility index (Phi) is 3.65. The first-order chi connectivity index (χ1) is 8.16. The minimum absolute atomic E-state index is 0.142. The van der Waals surface area contributed by atoms with Crippen LogP contribution in [0.3, 0.4) is 0 Å². The van der Waals surface area contributed by atoms with Crippen molar-refractivity contribution in [2.45, 2.75) is 0 Å². The summed E-state index contributed by atoms with van der Waals surface area (Å²) in [5.41, 5.74) is 0.404. The van der Waals surface area contributed by atoms with Crippen molar-refractivity contribution in [2.75, 3.05) is 5.32 Å². The molecule has 5 nitrogen and oxygen atoms in total. The van der Waals surface area contributed by atoms with Gasteiger partial charge in [-0.25, -0.2) is 9.97 Å². The third-order valence-electron chi connectivity index (χ3n) is 1.85. The summed E-state index contributed by atoms with van der Waals surface area (Å²) < 4.78 is 0.718. The summed E-state index contributed by atoms with van der Waals surface area (Å²) in [4.78, 5) is 23.4. The Balaban J connectivity index is 2.20. The van der Waals surface area contributed by atoms with Gasteiger partial charge in [0.25, 0.3) is 5.91 Å². The van der Waals surface area contributed by atoms with Gasteiger partial charge in [-0.2, -0.15) is 0 Å². The molecule has 17 heavy (non-hydrogen) atoms. The topological polar surface area (TPSA) is 67.8 Å². The van der Waals surface area contributed by atoms with Gasteiger partial charge in [0.1, 0.15) is 0 Å². The van der Waals surface area contributed by atoms with Crippen LogP contribution in [0.1, 0.15) is 10.4 Å². The largest absolute Gasteiger partial charge is 0.304 e. The fourth-order valence-electron chi connectivity index (χ4n) is 1.12. The molecule has 1 amide bonds. The number of amides is 1. The Hall–Kier alpha value is -1.53. The Morgan fingerprint density at radius 3 is 2.76 bits per heavy atom. The van der Waals surface area contributed by atoms with Gasteiger partial charge in [0.15, 0.2) is 11.0 Å². The van der Waals surface area contributed by atoms with E-state index < -0.39 is 0 Å². The molecule has 0 atom stereocenters. The summed E-state index contributed by atoms with van der Waals surface area (Å²) in [7, 11) is 0. The number of pyridine rings is 1. The minimum atomic E-state index is -0.346. The molecular formula is C10H6BrClN4O. The van der Waals surface area contributed by atoms with Crippen molar-refractivity contribution in [3.05, 3.63) is 46.0 Å². The van der Waals surface area contributed by atoms with Crippen molar-refractivity contribution in [2.24, 2.45) is 0 Å². The van der Waals surface area contributed by atoms with Crippen molar-refractivity contribution < 1.29 is 4.79 Å². The highest BCUT2D eigenvalue weighted by atomic mass is 79.9. The van der Waals surface area contributed by atoms with Crippen LogP contribution in [0.4, 0.5) is 5.82 Å². The molecule has 0 saturated heterocycles. The highest BCUT2D eigenvalue weighted by molar-refractivity contribution is 9.10. The molecule has 7 heteroatoms. The second-order valence-corrected chi connectivity index (χ2v) is 4.32. The number of anilines is 1. The molecule has 0 bridgehead atoms. The van der Waals surface area contributed by atoms with E-state index in [1.807, 2.05) is 0 Å². The molecule has 86 valence electrons. The maximum absolute atomic E-state index is 11.8. The Morgan fingerprint density at radius 1 is 1.29 bits per heavy atom. The van der Waals surface area contributed by atoms with Gasteiger partial charge in [-0.05, 0) is 22.0 Å². The predicted molar refractivity (Wildman–Crippen MR) is 66.9 cm³/mol. The van der Waals surface area contributed by atoms with Gasteiger partial charge in [-0.1, -0.05) is 11.6 Å². The van der Waals surface area contributed by atoms with Crippen LogP contribution in [0, 0.1) is 0 Å². The zero-order chi connectivity index (χ0) is 12.3. The van der Waals surface area contributed by atoms with Crippen molar-refractivity contribution >= 4 is 39.3 Å². The Bertz CT molecular complexity index is 564. The standard InChI is InChI=1S/C10H6BrClN4O/c11-7-3-6(4-13-5-7)10(17)16-9-8(12)14-1-2-15-9/h1-5H,(H,15,16,17). The van der Waals surface area contributed by atoms with Crippen LogP contribution < -0.4 is 5.32 Å². The van der Waals surface area contributed by atoms with Crippen molar-refractivity contribution in [3.63, 3.8) is 0 Å². The molecule has 2 aromatic rings. The van der Waals surface area contributed by atoms with E-state index in [2.05, 4.69) is 36.2 Å². The summed E-state index contributed by atoms with van der Waals surface area (Å²) >= 11 is 9.01. The lowest BCUT2D eigenvalue weighted by molar-refractivity contribution is 0.102. The van der Waals surface area contributed by atoms with Crippen LogP contribution in [0.2, 0.25) is 5.15 Å². The summed E-state index contributed by atoms with van der Waals surface area (Å²) in [5.74, 6) is -0.125. The van der Waals surface area contributed by atoms with E-state index in [9.17, 15) is 4.79 Å². The third kappa shape index (κ3) is 2.98. The molecule has 2 heterocycles. The molecule has 2 rings (SSSR count). The number of aromatic nitrogens is 3. The van der Waals surface area contributed by atoms with Crippen LogP contribution >= 0.6 is 27.5 Å². The number of hydrogen-bond donors (Lipinski definition) is 1. The average molecular weight is 314 g/mol. The first-order valence-electron chi connectivity index (χ1n) is 4.55. The predicted octanol–water partition coefficient (Wildman–Crippen LogP) is 2.54. The lowest BCUT2D eigenvalue weighted by atomic mass is 10.3. The van der Waals surface area contributed by atoms with Gasteiger partial charge in [-0.15, -0.1) is 0 Å². The van der Waals surface area contributed by atoms with Crippen LogP contribution in [0.15, 0.2) is 35.3 Å². The van der Waals surface area contributed by atoms with E-state index in [4.69, 9.17) is 11.6 Å². The van der Waals surface area contributed by atoms with Crippen molar-refractivity contribution in [1.29, 1.82) is 0 Å². The Labute approximate surface area is 110 Å². The van der Waals surface area contributed by atoms with Gasteiger partial charge in [-0.3, -0.25) is 9.78 Å². The maximum Gasteiger partial charge on any atom is 0.258 e.